The van der Waals surface area contributed by atoms with Crippen molar-refractivity contribution in [2.24, 2.45) is 0 Å². The molecule has 4 nitrogen and oxygen atoms in total. The summed E-state index contributed by atoms with van der Waals surface area (Å²) in [6.45, 7) is 0.482. The van der Waals surface area contributed by atoms with Gasteiger partial charge in [-0.05, 0) is 0 Å². The van der Waals surface area contributed by atoms with Gasteiger partial charge >= 0.3 is 5.97 Å². The van der Waals surface area contributed by atoms with Crippen molar-refractivity contribution < 1.29 is 14.3 Å². The second kappa shape index (κ2) is 5.85. The van der Waals surface area contributed by atoms with Crippen molar-refractivity contribution in [3.8, 4) is 0 Å². The van der Waals surface area contributed by atoms with Crippen LogP contribution in [0.4, 0.5) is 0 Å². The van der Waals surface area contributed by atoms with Crippen LogP contribution in [0.15, 0.2) is 0 Å². The fourth-order valence-electron chi connectivity index (χ4n) is 0.560. The number of esters is 1. The van der Waals surface area contributed by atoms with Crippen molar-refractivity contribution in [2.75, 3.05) is 20.8 Å². The normalized spacial score (nSPS) is 9.27. The van der Waals surface area contributed by atoms with Crippen molar-refractivity contribution in [3.05, 3.63) is 0 Å². The summed E-state index contributed by atoms with van der Waals surface area (Å²) >= 11 is 0. The van der Waals surface area contributed by atoms with Crippen LogP contribution < -0.4 is 0 Å². The van der Waals surface area contributed by atoms with E-state index in [4.69, 9.17) is 10.1 Å². The van der Waals surface area contributed by atoms with Crippen LogP contribution in [0.5, 0.6) is 0 Å². The van der Waals surface area contributed by atoms with E-state index in [1.54, 1.807) is 7.11 Å². The van der Waals surface area contributed by atoms with E-state index in [1.165, 1.54) is 7.11 Å². The van der Waals surface area contributed by atoms with Crippen LogP contribution in [0.2, 0.25) is 0 Å². The summed E-state index contributed by atoms with van der Waals surface area (Å²) in [5.41, 5.74) is 0.346. The standard InChI is InChI=1S/C7H13NO3/c1-10-4-3-6(8)5-7(9)11-2/h8H,3-5H2,1-2H3. The van der Waals surface area contributed by atoms with Gasteiger partial charge in [0.05, 0.1) is 20.1 Å². The first-order valence-electron chi connectivity index (χ1n) is 3.32. The molecule has 4 heteroatoms. The van der Waals surface area contributed by atoms with Crippen molar-refractivity contribution in [1.82, 2.24) is 0 Å². The van der Waals surface area contributed by atoms with E-state index in [9.17, 15) is 4.79 Å². The van der Waals surface area contributed by atoms with Gasteiger partial charge in [-0.15, -0.1) is 0 Å². The smallest absolute Gasteiger partial charge is 0.311 e. The molecule has 0 radical (unpaired) electrons. The highest BCUT2D eigenvalue weighted by atomic mass is 16.5. The molecule has 0 atom stereocenters. The first kappa shape index (κ1) is 10.1. The molecule has 0 bridgehead atoms. The lowest BCUT2D eigenvalue weighted by Gasteiger charge is -2.00. The molecule has 0 aliphatic heterocycles. The number of carbonyl (C=O) groups is 1. The molecule has 64 valence electrons. The monoisotopic (exact) mass is 159 g/mol. The molecule has 0 heterocycles. The van der Waals surface area contributed by atoms with Crippen molar-refractivity contribution in [2.45, 2.75) is 12.8 Å². The number of ether oxygens (including phenoxy) is 2. The number of carbonyl (C=O) groups excluding carboxylic acids is 1. The summed E-state index contributed by atoms with van der Waals surface area (Å²) in [5, 5.41) is 7.24. The molecule has 0 aromatic carbocycles. The van der Waals surface area contributed by atoms with Gasteiger partial charge in [-0.1, -0.05) is 0 Å². The van der Waals surface area contributed by atoms with E-state index in [2.05, 4.69) is 4.74 Å². The zero-order valence-electron chi connectivity index (χ0n) is 6.85. The first-order chi connectivity index (χ1) is 5.20. The van der Waals surface area contributed by atoms with Crippen LogP contribution in [0.1, 0.15) is 12.8 Å². The highest BCUT2D eigenvalue weighted by Gasteiger charge is 2.04. The van der Waals surface area contributed by atoms with E-state index in [0.717, 1.165) is 0 Å². The Balaban J connectivity index is 3.44. The molecule has 0 aromatic rings. The molecular formula is C7H13NO3. The Morgan fingerprint density at radius 2 is 2.09 bits per heavy atom. The zero-order chi connectivity index (χ0) is 8.69. The SMILES string of the molecule is COCCC(=N)CC(=O)OC. The van der Waals surface area contributed by atoms with Gasteiger partial charge in [0.25, 0.3) is 0 Å². The van der Waals surface area contributed by atoms with E-state index in [-0.39, 0.29) is 12.4 Å². The number of nitrogens with one attached hydrogen (secondary N) is 1. The molecule has 1 N–H and O–H groups in total. The van der Waals surface area contributed by atoms with Crippen LogP contribution in [0.25, 0.3) is 0 Å². The lowest BCUT2D eigenvalue weighted by Crippen LogP contribution is -2.10. The van der Waals surface area contributed by atoms with E-state index >= 15 is 0 Å². The third kappa shape index (κ3) is 5.54. The van der Waals surface area contributed by atoms with Gasteiger partial charge in [-0.25, -0.2) is 0 Å². The molecule has 0 aromatic heterocycles. The fourth-order valence-corrected chi connectivity index (χ4v) is 0.560. The van der Waals surface area contributed by atoms with Crippen LogP contribution in [0, 0.1) is 5.41 Å². The molecule has 0 amide bonds. The lowest BCUT2D eigenvalue weighted by atomic mass is 10.2. The van der Waals surface area contributed by atoms with Crippen LogP contribution >= 0.6 is 0 Å². The molecule has 0 aliphatic rings. The van der Waals surface area contributed by atoms with Gasteiger partial charge < -0.3 is 14.9 Å². The second-order valence-corrected chi connectivity index (χ2v) is 2.10. The summed E-state index contributed by atoms with van der Waals surface area (Å²) in [6, 6.07) is 0. The zero-order valence-corrected chi connectivity index (χ0v) is 6.85. The number of hydrogen-bond acceptors (Lipinski definition) is 4. The fraction of sp³-hybridized carbons (Fsp3) is 0.714. The summed E-state index contributed by atoms with van der Waals surface area (Å²) in [5.74, 6) is -0.369. The average molecular weight is 159 g/mol. The van der Waals surface area contributed by atoms with Crippen molar-refractivity contribution >= 4 is 11.7 Å². The van der Waals surface area contributed by atoms with Gasteiger partial charge in [-0.2, -0.15) is 0 Å². The third-order valence-electron chi connectivity index (χ3n) is 1.19. The number of rotatable bonds is 5. The minimum atomic E-state index is -0.369. The van der Waals surface area contributed by atoms with Crippen molar-refractivity contribution in [1.29, 1.82) is 5.41 Å². The quantitative estimate of drug-likeness (QED) is 0.472. The predicted octanol–water partition coefficient (Wildman–Crippen LogP) is 0.606. The molecule has 0 fully saturated rings. The van der Waals surface area contributed by atoms with Crippen LogP contribution in [-0.4, -0.2) is 32.5 Å². The maximum absolute atomic E-state index is 10.6. The Hall–Kier alpha value is -0.900. The van der Waals surface area contributed by atoms with E-state index in [0.29, 0.717) is 18.7 Å². The molecule has 0 aliphatic carbocycles. The van der Waals surface area contributed by atoms with Gasteiger partial charge in [0, 0.05) is 19.2 Å². The van der Waals surface area contributed by atoms with Gasteiger partial charge in [0.15, 0.2) is 0 Å². The molecular weight excluding hydrogens is 146 g/mol. The summed E-state index contributed by atoms with van der Waals surface area (Å²) in [6.07, 6.45) is 0.561. The second-order valence-electron chi connectivity index (χ2n) is 2.10. The molecule has 0 spiro atoms. The van der Waals surface area contributed by atoms with E-state index < -0.39 is 0 Å². The maximum Gasteiger partial charge on any atom is 0.311 e. The van der Waals surface area contributed by atoms with Gasteiger partial charge in [0.1, 0.15) is 0 Å². The molecule has 0 saturated heterocycles. The molecule has 0 unspecified atom stereocenters. The third-order valence-corrected chi connectivity index (χ3v) is 1.19. The molecule has 0 rings (SSSR count). The summed E-state index contributed by atoms with van der Waals surface area (Å²) < 4.78 is 9.11. The average Bonchev–Trinajstić information content (AvgIpc) is 2.00. The molecule has 11 heavy (non-hydrogen) atoms. The number of hydrogen-bond donors (Lipinski definition) is 1. The highest BCUT2D eigenvalue weighted by molar-refractivity contribution is 5.97. The first-order valence-corrected chi connectivity index (χ1v) is 3.32. The van der Waals surface area contributed by atoms with Crippen LogP contribution in [-0.2, 0) is 14.3 Å². The Kier molecular flexibility index (Phi) is 5.37. The Morgan fingerprint density at radius 3 is 2.55 bits per heavy atom. The van der Waals surface area contributed by atoms with Gasteiger partial charge in [-0.3, -0.25) is 4.79 Å². The topological polar surface area (TPSA) is 59.4 Å². The lowest BCUT2D eigenvalue weighted by molar-refractivity contribution is -0.139. The van der Waals surface area contributed by atoms with Gasteiger partial charge in [0.2, 0.25) is 0 Å². The van der Waals surface area contributed by atoms with E-state index in [1.807, 2.05) is 0 Å². The predicted molar refractivity (Wildman–Crippen MR) is 40.9 cm³/mol. The number of methoxy groups -OCH3 is 2. The Morgan fingerprint density at radius 1 is 1.45 bits per heavy atom. The van der Waals surface area contributed by atoms with Crippen molar-refractivity contribution in [3.63, 3.8) is 0 Å². The minimum absolute atomic E-state index is 0.0693. The summed E-state index contributed by atoms with van der Waals surface area (Å²) in [4.78, 5) is 10.6. The Bertz CT molecular complexity index is 145. The summed E-state index contributed by atoms with van der Waals surface area (Å²) in [7, 11) is 2.87. The van der Waals surface area contributed by atoms with Crippen LogP contribution in [0.3, 0.4) is 0 Å². The highest BCUT2D eigenvalue weighted by Crippen LogP contribution is 1.92. The minimum Gasteiger partial charge on any atom is -0.469 e. The maximum atomic E-state index is 10.6. The molecule has 0 saturated carbocycles. The largest absolute Gasteiger partial charge is 0.469 e. The Labute approximate surface area is 66.0 Å².